The Kier molecular flexibility index (Phi) is 4.69. The molecule has 3 saturated heterocycles. The molecule has 0 aliphatic carbocycles. The first kappa shape index (κ1) is 19.0. The van der Waals surface area contributed by atoms with E-state index in [4.69, 9.17) is 4.74 Å². The summed E-state index contributed by atoms with van der Waals surface area (Å²) in [5, 5.41) is 12.0. The van der Waals surface area contributed by atoms with Gasteiger partial charge in [-0.2, -0.15) is 5.10 Å². The lowest BCUT2D eigenvalue weighted by Gasteiger charge is -2.47. The monoisotopic (exact) mass is 415 g/mol. The van der Waals surface area contributed by atoms with Crippen molar-refractivity contribution in [3.63, 3.8) is 0 Å². The Morgan fingerprint density at radius 3 is 2.63 bits per heavy atom. The van der Waals surface area contributed by atoms with Gasteiger partial charge in [0.2, 0.25) is 0 Å². The van der Waals surface area contributed by atoms with Crippen molar-refractivity contribution in [2.75, 3.05) is 23.3 Å². The highest BCUT2D eigenvalue weighted by molar-refractivity contribution is 5.90. The average molecular weight is 415 g/mol. The van der Waals surface area contributed by atoms with Crippen molar-refractivity contribution in [2.45, 2.75) is 38.0 Å². The molecule has 0 spiro atoms. The van der Waals surface area contributed by atoms with Crippen LogP contribution in [0, 0.1) is 5.82 Å². The number of alkyl halides is 2. The van der Waals surface area contributed by atoms with E-state index in [1.54, 1.807) is 13.1 Å². The number of halogens is 3. The number of piperidine rings is 1. The Balaban J connectivity index is 1.45. The zero-order valence-corrected chi connectivity index (χ0v) is 16.2. The van der Waals surface area contributed by atoms with Crippen LogP contribution < -0.4 is 10.2 Å². The number of fused-ring (bicyclic) bond motifs is 3. The van der Waals surface area contributed by atoms with Crippen molar-refractivity contribution in [3.05, 3.63) is 53.6 Å². The van der Waals surface area contributed by atoms with Crippen LogP contribution in [0.15, 0.2) is 36.7 Å². The summed E-state index contributed by atoms with van der Waals surface area (Å²) in [7, 11) is 0. The molecule has 30 heavy (non-hydrogen) atoms. The summed E-state index contributed by atoms with van der Waals surface area (Å²) in [6.45, 7) is 3.34. The first-order valence-corrected chi connectivity index (χ1v) is 9.84. The van der Waals surface area contributed by atoms with E-state index in [2.05, 4.69) is 25.4 Å². The third-order valence-corrected chi connectivity index (χ3v) is 5.74. The van der Waals surface area contributed by atoms with Gasteiger partial charge in [0.1, 0.15) is 5.82 Å². The van der Waals surface area contributed by atoms with Gasteiger partial charge >= 0.3 is 0 Å². The number of morpholine rings is 1. The highest BCUT2D eigenvalue weighted by Crippen LogP contribution is 2.34. The highest BCUT2D eigenvalue weighted by atomic mass is 19.3. The molecule has 3 fully saturated rings. The van der Waals surface area contributed by atoms with E-state index in [0.29, 0.717) is 11.3 Å². The van der Waals surface area contributed by atoms with E-state index < -0.39 is 23.8 Å². The van der Waals surface area contributed by atoms with Gasteiger partial charge in [0.15, 0.2) is 5.65 Å². The predicted molar refractivity (Wildman–Crippen MR) is 106 cm³/mol. The van der Waals surface area contributed by atoms with Crippen LogP contribution in [0.5, 0.6) is 0 Å². The summed E-state index contributed by atoms with van der Waals surface area (Å²) in [5.41, 5.74) is 1.58. The van der Waals surface area contributed by atoms with E-state index in [1.807, 2.05) is 6.07 Å². The Morgan fingerprint density at radius 1 is 1.17 bits per heavy atom. The Hall–Kier alpha value is -2.94. The maximum atomic E-state index is 14.6. The normalized spacial score (nSPS) is 21.6. The van der Waals surface area contributed by atoms with Gasteiger partial charge in [0, 0.05) is 30.5 Å². The molecule has 156 valence electrons. The number of rotatable bonds is 5. The molecule has 3 aliphatic heterocycles. The van der Waals surface area contributed by atoms with Crippen LogP contribution in [0.3, 0.4) is 0 Å². The van der Waals surface area contributed by atoms with E-state index in [-0.39, 0.29) is 17.8 Å². The molecule has 1 N–H and O–H groups in total. The van der Waals surface area contributed by atoms with Crippen molar-refractivity contribution in [3.8, 4) is 0 Å². The maximum Gasteiger partial charge on any atom is 0.266 e. The summed E-state index contributed by atoms with van der Waals surface area (Å²) in [6.07, 6.45) is 2.05. The van der Waals surface area contributed by atoms with Gasteiger partial charge in [0.25, 0.3) is 6.43 Å². The predicted octanol–water partition coefficient (Wildman–Crippen LogP) is 4.25. The van der Waals surface area contributed by atoms with Crippen molar-refractivity contribution in [2.24, 2.45) is 0 Å². The largest absolute Gasteiger partial charge is 0.377 e. The standard InChI is InChI=1S/C21H20F3N5O/c1-11(15-3-2-4-16(19(15)22)20(23)24)27-18-8-26-28-21-17(18)5-12(7-25-21)29-9-13-6-14(10-29)30-13/h2-5,7-8,11,13-14,20H,6,9-10H2,1H3,(H,25,27,28)/t11-,13?,14?/m1/s1. The molecule has 3 aromatic rings. The number of aromatic nitrogens is 3. The number of pyridine rings is 1. The summed E-state index contributed by atoms with van der Waals surface area (Å²) < 4.78 is 46.4. The number of ether oxygens (including phenoxy) is 1. The summed E-state index contributed by atoms with van der Waals surface area (Å²) in [4.78, 5) is 6.65. The van der Waals surface area contributed by atoms with Gasteiger partial charge in [-0.25, -0.2) is 18.2 Å². The molecule has 2 bridgehead atoms. The van der Waals surface area contributed by atoms with E-state index in [0.717, 1.165) is 36.7 Å². The van der Waals surface area contributed by atoms with Gasteiger partial charge in [-0.15, -0.1) is 5.10 Å². The highest BCUT2D eigenvalue weighted by Gasteiger charge is 2.38. The van der Waals surface area contributed by atoms with Gasteiger partial charge in [-0.05, 0) is 13.0 Å². The maximum absolute atomic E-state index is 14.6. The van der Waals surface area contributed by atoms with E-state index in [1.165, 1.54) is 18.3 Å². The van der Waals surface area contributed by atoms with Crippen LogP contribution >= 0.6 is 0 Å². The smallest absolute Gasteiger partial charge is 0.266 e. The van der Waals surface area contributed by atoms with Crippen molar-refractivity contribution in [1.29, 1.82) is 0 Å². The average Bonchev–Trinajstić information content (AvgIpc) is 2.73. The van der Waals surface area contributed by atoms with Crippen molar-refractivity contribution < 1.29 is 17.9 Å². The second kappa shape index (κ2) is 7.39. The van der Waals surface area contributed by atoms with Gasteiger partial charge < -0.3 is 15.0 Å². The molecule has 9 heteroatoms. The topological polar surface area (TPSA) is 63.2 Å². The fourth-order valence-corrected chi connectivity index (χ4v) is 4.17. The van der Waals surface area contributed by atoms with Crippen LogP contribution in [0.1, 0.15) is 36.9 Å². The fraction of sp³-hybridized carbons (Fsp3) is 0.381. The minimum atomic E-state index is -2.87. The SMILES string of the molecule is C[C@@H](Nc1cnnc2ncc(N3CC4CC(C3)O4)cc12)c1cccc(C(F)F)c1F. The minimum absolute atomic E-state index is 0.162. The molecule has 3 aliphatic rings. The lowest BCUT2D eigenvalue weighted by molar-refractivity contribution is -0.133. The fourth-order valence-electron chi connectivity index (χ4n) is 4.17. The molecule has 1 aromatic carbocycles. The third-order valence-electron chi connectivity index (χ3n) is 5.74. The number of benzene rings is 1. The molecule has 5 heterocycles. The second-order valence-electron chi connectivity index (χ2n) is 7.76. The molecule has 0 saturated carbocycles. The van der Waals surface area contributed by atoms with Crippen molar-refractivity contribution >= 4 is 22.4 Å². The van der Waals surface area contributed by atoms with Crippen LogP contribution in [-0.2, 0) is 4.74 Å². The zero-order valence-electron chi connectivity index (χ0n) is 16.2. The molecule has 0 radical (unpaired) electrons. The van der Waals surface area contributed by atoms with E-state index in [9.17, 15) is 13.2 Å². The van der Waals surface area contributed by atoms with Crippen LogP contribution in [-0.4, -0.2) is 40.5 Å². The number of hydrogen-bond donors (Lipinski definition) is 1. The molecule has 6 rings (SSSR count). The quantitative estimate of drug-likeness (QED) is 0.672. The van der Waals surface area contributed by atoms with Crippen molar-refractivity contribution in [1.82, 2.24) is 15.2 Å². The van der Waals surface area contributed by atoms with E-state index >= 15 is 0 Å². The second-order valence-corrected chi connectivity index (χ2v) is 7.76. The zero-order chi connectivity index (χ0) is 20.8. The minimum Gasteiger partial charge on any atom is -0.377 e. The summed E-state index contributed by atoms with van der Waals surface area (Å²) >= 11 is 0. The Morgan fingerprint density at radius 2 is 1.90 bits per heavy atom. The number of hydrogen-bond acceptors (Lipinski definition) is 6. The molecule has 6 nitrogen and oxygen atoms in total. The molecule has 3 atom stereocenters. The Labute approximate surface area is 171 Å². The lowest BCUT2D eigenvalue weighted by atomic mass is 9.98. The van der Waals surface area contributed by atoms with Crippen LogP contribution in [0.4, 0.5) is 24.5 Å². The van der Waals surface area contributed by atoms with Gasteiger partial charge in [-0.3, -0.25) is 0 Å². The molecule has 2 aromatic heterocycles. The lowest BCUT2D eigenvalue weighted by Crippen LogP contribution is -2.57. The first-order chi connectivity index (χ1) is 14.5. The van der Waals surface area contributed by atoms with Gasteiger partial charge in [0.05, 0.1) is 47.6 Å². The molecule has 0 amide bonds. The van der Waals surface area contributed by atoms with Gasteiger partial charge in [-0.1, -0.05) is 18.2 Å². The summed E-state index contributed by atoms with van der Waals surface area (Å²) in [6, 6.07) is 5.45. The number of anilines is 2. The molecule has 2 unspecified atom stereocenters. The van der Waals surface area contributed by atoms with Crippen LogP contribution in [0.25, 0.3) is 11.0 Å². The number of nitrogens with one attached hydrogen (secondary N) is 1. The summed E-state index contributed by atoms with van der Waals surface area (Å²) in [5.74, 6) is -0.898. The first-order valence-electron chi connectivity index (χ1n) is 9.84. The number of nitrogens with zero attached hydrogens (tertiary/aromatic N) is 4. The molecular formula is C21H20F3N5O. The molecular weight excluding hydrogens is 395 g/mol. The Bertz CT molecular complexity index is 1080. The van der Waals surface area contributed by atoms with Crippen LogP contribution in [0.2, 0.25) is 0 Å². The third kappa shape index (κ3) is 3.32.